The van der Waals surface area contributed by atoms with Gasteiger partial charge in [-0.15, -0.1) is 0 Å². The van der Waals surface area contributed by atoms with Gasteiger partial charge in [-0.25, -0.2) is 4.79 Å². The van der Waals surface area contributed by atoms with Gasteiger partial charge in [0.05, 0.1) is 24.3 Å². The van der Waals surface area contributed by atoms with E-state index in [0.29, 0.717) is 0 Å². The molecular formula is C14H22N4O4. The van der Waals surface area contributed by atoms with Gasteiger partial charge in [0, 0.05) is 17.4 Å². The third-order valence-corrected chi connectivity index (χ3v) is 3.67. The summed E-state index contributed by atoms with van der Waals surface area (Å²) in [7, 11) is 0. The van der Waals surface area contributed by atoms with E-state index in [1.54, 1.807) is 0 Å². The van der Waals surface area contributed by atoms with Crippen LogP contribution in [0.4, 0.5) is 0 Å². The fourth-order valence-electron chi connectivity index (χ4n) is 2.52. The number of rotatable bonds is 7. The first-order chi connectivity index (χ1) is 10.4. The molecule has 8 nitrogen and oxygen atoms in total. The smallest absolute Gasteiger partial charge is 0.331 e. The number of nitrogens with one attached hydrogen (secondary N) is 1. The van der Waals surface area contributed by atoms with Gasteiger partial charge in [-0.2, -0.15) is 0 Å². The van der Waals surface area contributed by atoms with Crippen LogP contribution in [0, 0.1) is 0 Å². The number of hydrogen-bond acceptors (Lipinski definition) is 4. The number of amides is 1. The van der Waals surface area contributed by atoms with E-state index in [2.05, 4.69) is 15.3 Å². The van der Waals surface area contributed by atoms with Gasteiger partial charge in [-0.1, -0.05) is 19.0 Å². The van der Waals surface area contributed by atoms with Gasteiger partial charge in [0.25, 0.3) is 0 Å². The summed E-state index contributed by atoms with van der Waals surface area (Å²) in [4.78, 5) is 25.4. The van der Waals surface area contributed by atoms with Crippen LogP contribution >= 0.6 is 0 Å². The lowest BCUT2D eigenvalue weighted by atomic mass is 9.88. The molecule has 0 aromatic carbocycles. The Hall–Kier alpha value is -2.05. The van der Waals surface area contributed by atoms with Gasteiger partial charge in [-0.05, 0) is 30.9 Å². The first kappa shape index (κ1) is 18.0. The van der Waals surface area contributed by atoms with Gasteiger partial charge >= 0.3 is 5.97 Å². The summed E-state index contributed by atoms with van der Waals surface area (Å²) in [6, 6.07) is -1.26. The van der Waals surface area contributed by atoms with Crippen molar-refractivity contribution in [1.82, 2.24) is 5.32 Å². The maximum absolute atomic E-state index is 11.4. The highest BCUT2D eigenvalue weighted by Crippen LogP contribution is 2.26. The summed E-state index contributed by atoms with van der Waals surface area (Å²) in [5.74, 6) is -1.36. The molecule has 0 fully saturated rings. The molecule has 0 bridgehead atoms. The molecule has 3 atom stereocenters. The second kappa shape index (κ2) is 8.41. The molecule has 8 heteroatoms. The number of carboxylic acid groups (broad SMARTS) is 1. The first-order valence-corrected chi connectivity index (χ1v) is 7.33. The molecule has 1 aliphatic carbocycles. The van der Waals surface area contributed by atoms with Crippen LogP contribution in [0.3, 0.4) is 0 Å². The van der Waals surface area contributed by atoms with Crippen LogP contribution in [0.1, 0.15) is 40.0 Å². The van der Waals surface area contributed by atoms with Gasteiger partial charge in [-0.3, -0.25) is 4.79 Å². The van der Waals surface area contributed by atoms with Crippen molar-refractivity contribution in [2.45, 2.75) is 64.3 Å². The molecule has 0 unspecified atom stereocenters. The van der Waals surface area contributed by atoms with Crippen molar-refractivity contribution < 1.29 is 19.4 Å². The molecule has 122 valence electrons. The zero-order chi connectivity index (χ0) is 16.7. The van der Waals surface area contributed by atoms with Crippen LogP contribution in [-0.4, -0.2) is 41.3 Å². The van der Waals surface area contributed by atoms with Gasteiger partial charge < -0.3 is 15.2 Å². The topological polar surface area (TPSA) is 124 Å². The Balaban J connectivity index is 3.14. The van der Waals surface area contributed by atoms with Crippen LogP contribution in [0.5, 0.6) is 0 Å². The number of ether oxygens (including phenoxy) is 1. The van der Waals surface area contributed by atoms with Crippen molar-refractivity contribution in [3.63, 3.8) is 0 Å². The molecule has 0 spiro atoms. The molecule has 0 aromatic rings. The Labute approximate surface area is 129 Å². The Kier molecular flexibility index (Phi) is 6.88. The Bertz CT molecular complexity index is 495. The zero-order valence-electron chi connectivity index (χ0n) is 13.0. The Morgan fingerprint density at radius 3 is 2.64 bits per heavy atom. The number of aliphatic carboxylic acids is 1. The molecule has 0 heterocycles. The van der Waals surface area contributed by atoms with Crippen molar-refractivity contribution in [1.29, 1.82) is 0 Å². The first-order valence-electron chi connectivity index (χ1n) is 7.33. The normalized spacial score (nSPS) is 24.4. The summed E-state index contributed by atoms with van der Waals surface area (Å²) in [5.41, 5.74) is 8.83. The Morgan fingerprint density at radius 1 is 1.55 bits per heavy atom. The number of carbonyl (C=O) groups excluding carboxylic acids is 1. The molecule has 1 rings (SSSR count). The van der Waals surface area contributed by atoms with Crippen LogP contribution in [0.2, 0.25) is 0 Å². The summed E-state index contributed by atoms with van der Waals surface area (Å²) < 4.78 is 5.92. The van der Waals surface area contributed by atoms with E-state index < -0.39 is 24.2 Å². The highest BCUT2D eigenvalue weighted by molar-refractivity contribution is 5.87. The highest BCUT2D eigenvalue weighted by Gasteiger charge is 2.36. The third-order valence-electron chi connectivity index (χ3n) is 3.67. The predicted octanol–water partition coefficient (Wildman–Crippen LogP) is 2.16. The summed E-state index contributed by atoms with van der Waals surface area (Å²) >= 11 is 0. The summed E-state index contributed by atoms with van der Waals surface area (Å²) in [5, 5.41) is 15.6. The lowest BCUT2D eigenvalue weighted by Crippen LogP contribution is -2.53. The minimum atomic E-state index is -1.07. The minimum Gasteiger partial charge on any atom is -0.478 e. The number of nitrogens with zero attached hydrogens (tertiary/aromatic N) is 3. The Morgan fingerprint density at radius 2 is 2.18 bits per heavy atom. The number of hydrogen-bond donors (Lipinski definition) is 2. The van der Waals surface area contributed by atoms with E-state index in [0.717, 1.165) is 12.8 Å². The quantitative estimate of drug-likeness (QED) is 0.424. The average molecular weight is 310 g/mol. The van der Waals surface area contributed by atoms with Crippen molar-refractivity contribution in [3.05, 3.63) is 22.1 Å². The molecule has 0 saturated carbocycles. The standard InChI is InChI=1S/C14H22N4O4/c1-4-10(5-2)22-12-7-9(14(20)21)6-11(17-18-15)13(12)16-8(3)19/h7,10-13H,4-6H2,1-3H3,(H,16,19)(H,20,21)/t11-,12+,13+/m0/s1. The lowest BCUT2D eigenvalue weighted by Gasteiger charge is -2.36. The van der Waals surface area contributed by atoms with Crippen LogP contribution in [-0.2, 0) is 14.3 Å². The van der Waals surface area contributed by atoms with Crippen molar-refractivity contribution in [2.75, 3.05) is 0 Å². The molecule has 0 saturated heterocycles. The van der Waals surface area contributed by atoms with Gasteiger partial charge in [0.2, 0.25) is 5.91 Å². The largest absolute Gasteiger partial charge is 0.478 e. The van der Waals surface area contributed by atoms with Crippen molar-refractivity contribution >= 4 is 11.9 Å². The predicted molar refractivity (Wildman–Crippen MR) is 80.1 cm³/mol. The van der Waals surface area contributed by atoms with Crippen LogP contribution in [0.15, 0.2) is 16.8 Å². The van der Waals surface area contributed by atoms with E-state index in [4.69, 9.17) is 10.3 Å². The zero-order valence-corrected chi connectivity index (χ0v) is 13.0. The van der Waals surface area contributed by atoms with Crippen LogP contribution < -0.4 is 5.32 Å². The molecule has 1 aliphatic rings. The summed E-state index contributed by atoms with van der Waals surface area (Å²) in [6.45, 7) is 5.30. The van der Waals surface area contributed by atoms with E-state index in [-0.39, 0.29) is 24.0 Å². The highest BCUT2D eigenvalue weighted by atomic mass is 16.5. The van der Waals surface area contributed by atoms with Crippen LogP contribution in [0.25, 0.3) is 10.4 Å². The molecular weight excluding hydrogens is 288 g/mol. The lowest BCUT2D eigenvalue weighted by molar-refractivity contribution is -0.133. The van der Waals surface area contributed by atoms with Gasteiger partial charge in [0.15, 0.2) is 0 Å². The monoisotopic (exact) mass is 310 g/mol. The van der Waals surface area contributed by atoms with E-state index in [9.17, 15) is 14.7 Å². The number of carboxylic acids is 1. The maximum Gasteiger partial charge on any atom is 0.331 e. The molecule has 0 aliphatic heterocycles. The second-order valence-corrected chi connectivity index (χ2v) is 5.24. The fraction of sp³-hybridized carbons (Fsp3) is 0.714. The number of carbonyl (C=O) groups is 2. The molecule has 1 amide bonds. The second-order valence-electron chi connectivity index (χ2n) is 5.24. The van der Waals surface area contributed by atoms with Crippen molar-refractivity contribution in [2.24, 2.45) is 5.11 Å². The fourth-order valence-corrected chi connectivity index (χ4v) is 2.52. The third kappa shape index (κ3) is 4.75. The SMILES string of the molecule is CCC(CC)O[C@@H]1C=C(C(=O)O)C[C@H](N=[N+]=[N-])[C@H]1NC(C)=O. The average Bonchev–Trinajstić information content (AvgIpc) is 2.46. The summed E-state index contributed by atoms with van der Waals surface area (Å²) in [6.07, 6.45) is 2.41. The molecule has 22 heavy (non-hydrogen) atoms. The van der Waals surface area contributed by atoms with E-state index >= 15 is 0 Å². The van der Waals surface area contributed by atoms with E-state index in [1.807, 2.05) is 13.8 Å². The van der Waals surface area contributed by atoms with E-state index in [1.165, 1.54) is 13.0 Å². The van der Waals surface area contributed by atoms with Gasteiger partial charge in [0.1, 0.15) is 0 Å². The minimum absolute atomic E-state index is 0.0580. The molecule has 0 radical (unpaired) electrons. The maximum atomic E-state index is 11.4. The molecule has 2 N–H and O–H groups in total. The molecule has 0 aromatic heterocycles. The number of azide groups is 1. The van der Waals surface area contributed by atoms with Crippen molar-refractivity contribution in [3.8, 4) is 0 Å².